The molecule has 7 heteroatoms. The van der Waals surface area contributed by atoms with Crippen LogP contribution in [-0.4, -0.2) is 24.1 Å². The third-order valence-electron chi connectivity index (χ3n) is 3.21. The summed E-state index contributed by atoms with van der Waals surface area (Å²) in [4.78, 5) is 24.1. The molecule has 0 saturated heterocycles. The molecule has 2 rings (SSSR count). The molecule has 25 heavy (non-hydrogen) atoms. The van der Waals surface area contributed by atoms with E-state index in [2.05, 4.69) is 5.32 Å². The molecule has 0 aromatic heterocycles. The van der Waals surface area contributed by atoms with E-state index in [4.69, 9.17) is 21.1 Å². The number of carbonyl (C=O) groups is 2. The van der Waals surface area contributed by atoms with Crippen molar-refractivity contribution in [3.05, 3.63) is 59.4 Å². The Morgan fingerprint density at radius 3 is 2.40 bits per heavy atom. The number of hydrogen-bond acceptors (Lipinski definition) is 4. The van der Waals surface area contributed by atoms with Crippen LogP contribution in [0, 0.1) is 5.82 Å². The molecule has 2 atom stereocenters. The van der Waals surface area contributed by atoms with Gasteiger partial charge in [-0.25, -0.2) is 9.18 Å². The van der Waals surface area contributed by atoms with Gasteiger partial charge in [0.05, 0.1) is 0 Å². The van der Waals surface area contributed by atoms with Crippen molar-refractivity contribution in [2.24, 2.45) is 0 Å². The monoisotopic (exact) mass is 365 g/mol. The van der Waals surface area contributed by atoms with Crippen LogP contribution >= 0.6 is 11.6 Å². The highest BCUT2D eigenvalue weighted by Gasteiger charge is 2.23. The smallest absolute Gasteiger partial charge is 0.347 e. The lowest BCUT2D eigenvalue weighted by Crippen LogP contribution is -2.35. The maximum Gasteiger partial charge on any atom is 0.347 e. The highest BCUT2D eigenvalue weighted by molar-refractivity contribution is 6.30. The molecule has 0 aliphatic rings. The number of ether oxygens (including phenoxy) is 2. The molecular weight excluding hydrogens is 349 g/mol. The second-order valence-electron chi connectivity index (χ2n) is 5.29. The van der Waals surface area contributed by atoms with Crippen molar-refractivity contribution in [3.63, 3.8) is 0 Å². The van der Waals surface area contributed by atoms with Crippen LogP contribution in [0.1, 0.15) is 13.8 Å². The van der Waals surface area contributed by atoms with E-state index in [-0.39, 0.29) is 0 Å². The Hall–Kier alpha value is -2.60. The van der Waals surface area contributed by atoms with E-state index in [9.17, 15) is 14.0 Å². The van der Waals surface area contributed by atoms with Gasteiger partial charge in [0, 0.05) is 10.7 Å². The molecule has 1 amide bonds. The summed E-state index contributed by atoms with van der Waals surface area (Å²) in [6, 6.07) is 11.8. The van der Waals surface area contributed by atoms with Crippen molar-refractivity contribution in [3.8, 4) is 5.75 Å². The average molecular weight is 366 g/mol. The lowest BCUT2D eigenvalue weighted by Gasteiger charge is -2.18. The van der Waals surface area contributed by atoms with E-state index in [1.807, 2.05) is 0 Å². The summed E-state index contributed by atoms with van der Waals surface area (Å²) in [6.07, 6.45) is -1.97. The number of anilines is 1. The van der Waals surface area contributed by atoms with Crippen LogP contribution in [0.25, 0.3) is 0 Å². The van der Waals surface area contributed by atoms with Crippen molar-refractivity contribution in [1.29, 1.82) is 0 Å². The Morgan fingerprint density at radius 1 is 1.08 bits per heavy atom. The summed E-state index contributed by atoms with van der Waals surface area (Å²) in [7, 11) is 0. The van der Waals surface area contributed by atoms with Crippen LogP contribution < -0.4 is 10.1 Å². The number of halogens is 2. The first-order chi connectivity index (χ1) is 11.8. The topological polar surface area (TPSA) is 64.6 Å². The average Bonchev–Trinajstić information content (AvgIpc) is 2.56. The van der Waals surface area contributed by atoms with E-state index < -0.39 is 29.9 Å². The van der Waals surface area contributed by atoms with Crippen molar-refractivity contribution in [1.82, 2.24) is 0 Å². The Balaban J connectivity index is 1.87. The number of rotatable bonds is 6. The van der Waals surface area contributed by atoms with Gasteiger partial charge < -0.3 is 14.8 Å². The Bertz CT molecular complexity index is 751. The third kappa shape index (κ3) is 5.76. The molecule has 5 nitrogen and oxygen atoms in total. The number of nitrogens with one attached hydrogen (secondary N) is 1. The van der Waals surface area contributed by atoms with E-state index in [0.717, 1.165) is 0 Å². The SMILES string of the molecule is C[C@@H](OC(=O)[C@@H](C)Oc1ccc(F)cc1)C(=O)Nc1cccc(Cl)c1. The zero-order valence-corrected chi connectivity index (χ0v) is 14.4. The molecule has 0 spiro atoms. The number of hydrogen-bond donors (Lipinski definition) is 1. The minimum atomic E-state index is -1.02. The summed E-state index contributed by atoms with van der Waals surface area (Å²) in [6.45, 7) is 2.93. The van der Waals surface area contributed by atoms with Gasteiger partial charge in [0.25, 0.3) is 5.91 Å². The van der Waals surface area contributed by atoms with E-state index >= 15 is 0 Å². The van der Waals surface area contributed by atoms with Crippen molar-refractivity contribution < 1.29 is 23.5 Å². The molecule has 0 heterocycles. The summed E-state index contributed by atoms with van der Waals surface area (Å²) in [5.41, 5.74) is 0.496. The second-order valence-corrected chi connectivity index (χ2v) is 5.73. The van der Waals surface area contributed by atoms with E-state index in [0.29, 0.717) is 16.5 Å². The van der Waals surface area contributed by atoms with Crippen molar-refractivity contribution >= 4 is 29.2 Å². The fourth-order valence-corrected chi connectivity index (χ4v) is 2.09. The van der Waals surface area contributed by atoms with Gasteiger partial charge in [-0.3, -0.25) is 4.79 Å². The molecule has 0 saturated carbocycles. The molecule has 0 unspecified atom stereocenters. The van der Waals surface area contributed by atoms with E-state index in [1.165, 1.54) is 38.1 Å². The molecule has 0 aliphatic carbocycles. The lowest BCUT2D eigenvalue weighted by atomic mass is 10.3. The van der Waals surface area contributed by atoms with Gasteiger partial charge in [0.1, 0.15) is 11.6 Å². The van der Waals surface area contributed by atoms with Gasteiger partial charge in [-0.2, -0.15) is 0 Å². The zero-order chi connectivity index (χ0) is 18.4. The first kappa shape index (κ1) is 18.7. The standard InChI is InChI=1S/C18H17ClFNO4/c1-11(17(22)21-15-5-3-4-13(19)10-15)25-18(23)12(2)24-16-8-6-14(20)7-9-16/h3-12H,1-2H3,(H,21,22)/t11-,12-/m1/s1. The Kier molecular flexibility index (Phi) is 6.36. The van der Waals surface area contributed by atoms with Gasteiger partial charge in [0.15, 0.2) is 12.2 Å². The van der Waals surface area contributed by atoms with Gasteiger partial charge in [0.2, 0.25) is 0 Å². The minimum Gasteiger partial charge on any atom is -0.479 e. The highest BCUT2D eigenvalue weighted by atomic mass is 35.5. The first-order valence-corrected chi connectivity index (χ1v) is 7.92. The van der Waals surface area contributed by atoms with Gasteiger partial charge >= 0.3 is 5.97 Å². The quantitative estimate of drug-likeness (QED) is 0.790. The summed E-state index contributed by atoms with van der Waals surface area (Å²) >= 11 is 5.84. The maximum atomic E-state index is 12.8. The summed E-state index contributed by atoms with van der Waals surface area (Å²) < 4.78 is 23.3. The van der Waals surface area contributed by atoms with Crippen molar-refractivity contribution in [2.75, 3.05) is 5.32 Å². The number of amides is 1. The molecule has 2 aromatic rings. The molecule has 0 radical (unpaired) electrons. The lowest BCUT2D eigenvalue weighted by molar-refractivity contribution is -0.159. The first-order valence-electron chi connectivity index (χ1n) is 7.54. The van der Waals surface area contributed by atoms with Crippen LogP contribution in [0.15, 0.2) is 48.5 Å². The number of carbonyl (C=O) groups excluding carboxylic acids is 2. The van der Waals surface area contributed by atoms with Crippen LogP contribution in [-0.2, 0) is 14.3 Å². The number of esters is 1. The minimum absolute atomic E-state index is 0.321. The molecular formula is C18H17ClFNO4. The largest absolute Gasteiger partial charge is 0.479 e. The van der Waals surface area contributed by atoms with Crippen LogP contribution in [0.4, 0.5) is 10.1 Å². The zero-order valence-electron chi connectivity index (χ0n) is 13.7. The molecule has 132 valence electrons. The summed E-state index contributed by atoms with van der Waals surface area (Å²) in [5, 5.41) is 3.08. The Morgan fingerprint density at radius 2 is 1.76 bits per heavy atom. The van der Waals surface area contributed by atoms with Crippen LogP contribution in [0.3, 0.4) is 0 Å². The maximum absolute atomic E-state index is 12.8. The van der Waals surface area contributed by atoms with Gasteiger partial charge in [-0.05, 0) is 56.3 Å². The molecule has 0 aliphatic heterocycles. The fraction of sp³-hybridized carbons (Fsp3) is 0.222. The predicted molar refractivity (Wildman–Crippen MR) is 92.1 cm³/mol. The predicted octanol–water partition coefficient (Wildman–Crippen LogP) is 3.82. The molecule has 0 fully saturated rings. The van der Waals surface area contributed by atoms with E-state index in [1.54, 1.807) is 24.3 Å². The Labute approximate surface area is 149 Å². The highest BCUT2D eigenvalue weighted by Crippen LogP contribution is 2.16. The number of benzene rings is 2. The van der Waals surface area contributed by atoms with Gasteiger partial charge in [-0.15, -0.1) is 0 Å². The summed E-state index contributed by atoms with van der Waals surface area (Å²) in [5.74, 6) is -1.29. The molecule has 1 N–H and O–H groups in total. The third-order valence-corrected chi connectivity index (χ3v) is 3.45. The molecule has 0 bridgehead atoms. The van der Waals surface area contributed by atoms with Crippen LogP contribution in [0.5, 0.6) is 5.75 Å². The fourth-order valence-electron chi connectivity index (χ4n) is 1.90. The van der Waals surface area contributed by atoms with Crippen LogP contribution in [0.2, 0.25) is 5.02 Å². The second kappa shape index (κ2) is 8.48. The normalized spacial score (nSPS) is 12.8. The van der Waals surface area contributed by atoms with Crippen molar-refractivity contribution in [2.45, 2.75) is 26.1 Å². The van der Waals surface area contributed by atoms with Gasteiger partial charge in [-0.1, -0.05) is 17.7 Å². The molecule has 2 aromatic carbocycles.